The normalized spacial score (nSPS) is 11.2. The van der Waals surface area contributed by atoms with Crippen LogP contribution in [0.2, 0.25) is 0 Å². The van der Waals surface area contributed by atoms with Gasteiger partial charge in [-0.3, -0.25) is 4.79 Å². The predicted octanol–water partition coefficient (Wildman–Crippen LogP) is 0.0775. The average molecular weight is 183 g/mol. The molecule has 13 heavy (non-hydrogen) atoms. The van der Waals surface area contributed by atoms with Crippen LogP contribution >= 0.6 is 0 Å². The molecule has 1 N–H and O–H groups in total. The van der Waals surface area contributed by atoms with E-state index in [2.05, 4.69) is 11.2 Å². The van der Waals surface area contributed by atoms with Crippen LogP contribution in [0.15, 0.2) is 0 Å². The summed E-state index contributed by atoms with van der Waals surface area (Å²) in [5, 5.41) is 2.41. The lowest BCUT2D eigenvalue weighted by molar-refractivity contribution is -0.147. The summed E-state index contributed by atoms with van der Waals surface area (Å²) < 4.78 is 4.71. The highest BCUT2D eigenvalue weighted by atomic mass is 16.5. The van der Waals surface area contributed by atoms with Crippen LogP contribution < -0.4 is 5.32 Å². The Morgan fingerprint density at radius 3 is 2.62 bits per heavy atom. The molecule has 0 aromatic rings. The molecule has 0 unspecified atom stereocenters. The van der Waals surface area contributed by atoms with Gasteiger partial charge in [0.2, 0.25) is 5.91 Å². The van der Waals surface area contributed by atoms with Crippen molar-refractivity contribution in [3.05, 3.63) is 0 Å². The van der Waals surface area contributed by atoms with Gasteiger partial charge in [0.1, 0.15) is 6.04 Å². The van der Waals surface area contributed by atoms with Crippen molar-refractivity contribution in [2.24, 2.45) is 0 Å². The summed E-state index contributed by atoms with van der Waals surface area (Å²) in [6.07, 6.45) is 5.18. The lowest BCUT2D eigenvalue weighted by Gasteiger charge is -2.13. The van der Waals surface area contributed by atoms with Crippen molar-refractivity contribution in [3.8, 4) is 12.3 Å². The molecule has 0 spiro atoms. The Kier molecular flexibility index (Phi) is 5.37. The van der Waals surface area contributed by atoms with Crippen molar-refractivity contribution >= 4 is 11.9 Å². The second-order valence-corrected chi connectivity index (χ2v) is 2.41. The molecule has 0 aromatic heterocycles. The number of carbonyl (C=O) groups is 2. The minimum absolute atomic E-state index is 0.151. The highest BCUT2D eigenvalue weighted by molar-refractivity contribution is 5.83. The molecule has 4 heteroatoms. The molecule has 0 aliphatic rings. The molecule has 0 radical (unpaired) electrons. The molecule has 0 aliphatic heterocycles. The average Bonchev–Trinajstić information content (AvgIpc) is 2.03. The fraction of sp³-hybridized carbons (Fsp3) is 0.556. The largest absolute Gasteiger partial charge is 0.464 e. The third-order valence-corrected chi connectivity index (χ3v) is 1.27. The molecule has 0 saturated heterocycles. The van der Waals surface area contributed by atoms with Gasteiger partial charge in [0, 0.05) is 13.3 Å². The number of hydrogen-bond donors (Lipinski definition) is 1. The summed E-state index contributed by atoms with van der Waals surface area (Å²) >= 11 is 0. The number of hydrogen-bond acceptors (Lipinski definition) is 3. The molecule has 0 rings (SSSR count). The second kappa shape index (κ2) is 6.06. The van der Waals surface area contributed by atoms with Crippen LogP contribution in [0.25, 0.3) is 0 Å². The van der Waals surface area contributed by atoms with Crippen molar-refractivity contribution in [1.29, 1.82) is 0 Å². The second-order valence-electron chi connectivity index (χ2n) is 2.41. The Morgan fingerprint density at radius 2 is 2.23 bits per heavy atom. The van der Waals surface area contributed by atoms with Crippen LogP contribution in [-0.4, -0.2) is 24.5 Å². The number of ether oxygens (including phenoxy) is 1. The lowest BCUT2D eigenvalue weighted by atomic mass is 10.2. The maximum Gasteiger partial charge on any atom is 0.329 e. The van der Waals surface area contributed by atoms with E-state index in [1.54, 1.807) is 6.92 Å². The fourth-order valence-electron chi connectivity index (χ4n) is 0.799. The summed E-state index contributed by atoms with van der Waals surface area (Å²) in [7, 11) is 0. The van der Waals surface area contributed by atoms with Crippen molar-refractivity contribution in [2.75, 3.05) is 6.61 Å². The van der Waals surface area contributed by atoms with Gasteiger partial charge in [-0.1, -0.05) is 0 Å². The maximum atomic E-state index is 11.1. The summed E-state index contributed by atoms with van der Waals surface area (Å²) in [6, 6.07) is -0.720. The Bertz CT molecular complexity index is 230. The molecule has 0 heterocycles. The molecule has 1 amide bonds. The Balaban J connectivity index is 4.16. The minimum atomic E-state index is -0.720. The third-order valence-electron chi connectivity index (χ3n) is 1.27. The SMILES string of the molecule is C#CC[C@@H](NC(C)=O)C(=O)OCC. The summed E-state index contributed by atoms with van der Waals surface area (Å²) in [6.45, 7) is 3.29. The number of esters is 1. The maximum absolute atomic E-state index is 11.1. The number of terminal acetylenes is 1. The molecule has 0 fully saturated rings. The van der Waals surface area contributed by atoms with Crippen molar-refractivity contribution in [2.45, 2.75) is 26.3 Å². The van der Waals surface area contributed by atoms with Crippen LogP contribution in [0.1, 0.15) is 20.3 Å². The van der Waals surface area contributed by atoms with Gasteiger partial charge in [-0.05, 0) is 6.92 Å². The number of rotatable bonds is 4. The Hall–Kier alpha value is -1.50. The molecule has 0 aliphatic carbocycles. The third kappa shape index (κ3) is 4.86. The van der Waals surface area contributed by atoms with E-state index in [0.29, 0.717) is 0 Å². The van der Waals surface area contributed by atoms with E-state index in [9.17, 15) is 9.59 Å². The molecule has 4 nitrogen and oxygen atoms in total. The zero-order chi connectivity index (χ0) is 10.3. The van der Waals surface area contributed by atoms with Gasteiger partial charge < -0.3 is 10.1 Å². The van der Waals surface area contributed by atoms with Gasteiger partial charge in [0.05, 0.1) is 6.61 Å². The van der Waals surface area contributed by atoms with Crippen molar-refractivity contribution < 1.29 is 14.3 Å². The van der Waals surface area contributed by atoms with E-state index in [1.807, 2.05) is 0 Å². The molecule has 72 valence electrons. The monoisotopic (exact) mass is 183 g/mol. The summed E-state index contributed by atoms with van der Waals surface area (Å²) in [5.41, 5.74) is 0. The van der Waals surface area contributed by atoms with Crippen molar-refractivity contribution in [1.82, 2.24) is 5.32 Å². The summed E-state index contributed by atoms with van der Waals surface area (Å²) in [4.78, 5) is 21.8. The quantitative estimate of drug-likeness (QED) is 0.496. The van der Waals surface area contributed by atoms with Gasteiger partial charge in [-0.15, -0.1) is 12.3 Å². The molecular weight excluding hydrogens is 170 g/mol. The van der Waals surface area contributed by atoms with Crippen molar-refractivity contribution in [3.63, 3.8) is 0 Å². The standard InChI is InChI=1S/C9H13NO3/c1-4-6-8(10-7(3)11)9(12)13-5-2/h1,8H,5-6H2,2-3H3,(H,10,11)/t8-/m1/s1. The van der Waals surface area contributed by atoms with Crippen LogP contribution in [0.3, 0.4) is 0 Å². The van der Waals surface area contributed by atoms with Gasteiger partial charge in [0.15, 0.2) is 0 Å². The molecule has 0 saturated carbocycles. The minimum Gasteiger partial charge on any atom is -0.464 e. The van der Waals surface area contributed by atoms with Gasteiger partial charge >= 0.3 is 5.97 Å². The number of amides is 1. The van der Waals surface area contributed by atoms with E-state index in [4.69, 9.17) is 11.2 Å². The Labute approximate surface area is 77.6 Å². The van der Waals surface area contributed by atoms with Gasteiger partial charge in [0.25, 0.3) is 0 Å². The smallest absolute Gasteiger partial charge is 0.329 e. The van der Waals surface area contributed by atoms with Crippen LogP contribution in [0.4, 0.5) is 0 Å². The van der Waals surface area contributed by atoms with Crippen LogP contribution in [-0.2, 0) is 14.3 Å². The summed E-state index contributed by atoms with van der Waals surface area (Å²) in [5.74, 6) is 1.51. The molecule has 1 atom stereocenters. The highest BCUT2D eigenvalue weighted by Gasteiger charge is 2.18. The Morgan fingerprint density at radius 1 is 1.62 bits per heavy atom. The van der Waals surface area contributed by atoms with E-state index in [0.717, 1.165) is 0 Å². The first-order valence-electron chi connectivity index (χ1n) is 3.99. The van der Waals surface area contributed by atoms with Gasteiger partial charge in [-0.2, -0.15) is 0 Å². The molecule has 0 bridgehead atoms. The zero-order valence-electron chi connectivity index (χ0n) is 7.79. The topological polar surface area (TPSA) is 55.4 Å². The first-order valence-corrected chi connectivity index (χ1v) is 3.99. The van der Waals surface area contributed by atoms with E-state index >= 15 is 0 Å². The van der Waals surface area contributed by atoms with Crippen LogP contribution in [0.5, 0.6) is 0 Å². The number of carbonyl (C=O) groups excluding carboxylic acids is 2. The predicted molar refractivity (Wildman–Crippen MR) is 47.7 cm³/mol. The zero-order valence-corrected chi connectivity index (χ0v) is 7.79. The molecule has 0 aromatic carbocycles. The van der Waals surface area contributed by atoms with E-state index < -0.39 is 12.0 Å². The van der Waals surface area contributed by atoms with Crippen LogP contribution in [0, 0.1) is 12.3 Å². The van der Waals surface area contributed by atoms with E-state index in [-0.39, 0.29) is 18.9 Å². The first kappa shape index (κ1) is 11.5. The number of nitrogens with one attached hydrogen (secondary N) is 1. The molecular formula is C9H13NO3. The first-order chi connectivity index (χ1) is 6.11. The highest BCUT2D eigenvalue weighted by Crippen LogP contribution is 1.94. The lowest BCUT2D eigenvalue weighted by Crippen LogP contribution is -2.40. The van der Waals surface area contributed by atoms with E-state index in [1.165, 1.54) is 6.92 Å². The van der Waals surface area contributed by atoms with Gasteiger partial charge in [-0.25, -0.2) is 4.79 Å². The fourth-order valence-corrected chi connectivity index (χ4v) is 0.799.